The van der Waals surface area contributed by atoms with Gasteiger partial charge in [0.25, 0.3) is 0 Å². The number of hydrogen-bond donors (Lipinski definition) is 2. The van der Waals surface area contributed by atoms with Gasteiger partial charge in [-0.05, 0) is 0 Å². The SMILES string of the molecule is CC[Si](CC)(CC)[O][Zr]([OH])([OH])[O]c1ccccc1. The average Bonchev–Trinajstić information content (AvgIpc) is 2.37. The van der Waals surface area contributed by atoms with Crippen molar-refractivity contribution in [2.45, 2.75) is 38.9 Å². The third kappa shape index (κ3) is 4.59. The van der Waals surface area contributed by atoms with Crippen LogP contribution >= 0.6 is 0 Å². The van der Waals surface area contributed by atoms with Gasteiger partial charge < -0.3 is 0 Å². The fourth-order valence-corrected chi connectivity index (χ4v) is 13.2. The molecule has 0 aliphatic rings. The van der Waals surface area contributed by atoms with Crippen LogP contribution in [0.2, 0.25) is 18.1 Å². The fraction of sp³-hybridized carbons (Fsp3) is 0.500. The van der Waals surface area contributed by atoms with Gasteiger partial charge in [0.2, 0.25) is 0 Å². The molecule has 0 heterocycles. The molecule has 0 radical (unpaired) electrons. The summed E-state index contributed by atoms with van der Waals surface area (Å²) in [5, 5.41) is 0. The standard InChI is InChI=1S/C6H15OSi.C6H6O.2H2O.Zr/c1-4-8(7,5-2)6-3;7-6-4-2-1-3-5-6;;;/h4-6H2,1-3H3;1-5,7H;2*1H2;/q-1;;;;+4/p-3. The third-order valence-electron chi connectivity index (χ3n) is 3.28. The Balaban J connectivity index is 2.74. The van der Waals surface area contributed by atoms with Gasteiger partial charge in [-0.3, -0.25) is 0 Å². The summed E-state index contributed by atoms with van der Waals surface area (Å²) < 4.78 is 31.1. The number of para-hydroxylation sites is 1. The first-order valence-corrected chi connectivity index (χ1v) is 13.1. The molecule has 0 unspecified atom stereocenters. The van der Waals surface area contributed by atoms with Crippen molar-refractivity contribution in [1.82, 2.24) is 0 Å². The molecule has 0 fully saturated rings. The summed E-state index contributed by atoms with van der Waals surface area (Å²) in [6.45, 7) is 6.14. The maximum atomic E-state index is 10.1. The summed E-state index contributed by atoms with van der Waals surface area (Å²) in [5.74, 6) is 0.463. The molecule has 0 saturated carbocycles. The van der Waals surface area contributed by atoms with E-state index in [0.29, 0.717) is 5.75 Å². The average molecular weight is 350 g/mol. The van der Waals surface area contributed by atoms with E-state index >= 15 is 0 Å². The Morgan fingerprint density at radius 1 is 1.00 bits per heavy atom. The van der Waals surface area contributed by atoms with E-state index in [4.69, 9.17) is 5.32 Å². The van der Waals surface area contributed by atoms with E-state index in [1.54, 1.807) is 24.3 Å². The molecule has 0 aliphatic heterocycles. The molecule has 1 aromatic carbocycles. The van der Waals surface area contributed by atoms with Gasteiger partial charge in [0.15, 0.2) is 0 Å². The molecule has 0 bridgehead atoms. The maximum absolute atomic E-state index is 10.1. The van der Waals surface area contributed by atoms with Crippen molar-refractivity contribution in [2.24, 2.45) is 0 Å². The van der Waals surface area contributed by atoms with Crippen LogP contribution in [0.5, 0.6) is 5.75 Å². The van der Waals surface area contributed by atoms with Crippen molar-refractivity contribution in [3.63, 3.8) is 0 Å². The van der Waals surface area contributed by atoms with Crippen molar-refractivity contribution < 1.29 is 33.7 Å². The van der Waals surface area contributed by atoms with Gasteiger partial charge in [0, 0.05) is 0 Å². The van der Waals surface area contributed by atoms with Crippen molar-refractivity contribution in [3.05, 3.63) is 30.3 Å². The van der Waals surface area contributed by atoms with Crippen molar-refractivity contribution in [3.8, 4) is 5.75 Å². The Kier molecular flexibility index (Phi) is 6.21. The quantitative estimate of drug-likeness (QED) is 0.743. The minimum absolute atomic E-state index is 0.463. The molecular formula is C12H22O4SiZr. The second kappa shape index (κ2) is 6.96. The Bertz CT molecular complexity index is 346. The number of rotatable bonds is 7. The molecule has 1 rings (SSSR count). The molecular weight excluding hydrogens is 327 g/mol. The Morgan fingerprint density at radius 2 is 1.50 bits per heavy atom. The summed E-state index contributed by atoms with van der Waals surface area (Å²) in [6, 6.07) is 11.5. The normalized spacial score (nSPS) is 12.5. The van der Waals surface area contributed by atoms with Crippen LogP contribution in [0.15, 0.2) is 30.3 Å². The van der Waals surface area contributed by atoms with E-state index in [0.717, 1.165) is 18.1 Å². The first-order chi connectivity index (χ1) is 8.47. The molecule has 0 amide bonds. The number of benzene rings is 1. The first kappa shape index (κ1) is 16.1. The molecule has 0 spiro atoms. The zero-order valence-corrected chi connectivity index (χ0v) is 14.7. The Labute approximate surface area is 117 Å². The van der Waals surface area contributed by atoms with Crippen LogP contribution in [0.1, 0.15) is 20.8 Å². The molecule has 0 atom stereocenters. The summed E-state index contributed by atoms with van der Waals surface area (Å²) in [5.41, 5.74) is 0. The molecule has 0 aromatic heterocycles. The molecule has 2 N–H and O–H groups in total. The van der Waals surface area contributed by atoms with E-state index < -0.39 is 30.3 Å². The fourth-order valence-electron chi connectivity index (χ4n) is 1.91. The van der Waals surface area contributed by atoms with Gasteiger partial charge in [-0.25, -0.2) is 0 Å². The van der Waals surface area contributed by atoms with Gasteiger partial charge in [-0.1, -0.05) is 0 Å². The Hall–Kier alpha value is -0.000000000000000222. The molecule has 102 valence electrons. The molecule has 18 heavy (non-hydrogen) atoms. The second-order valence-electron chi connectivity index (χ2n) is 4.31. The van der Waals surface area contributed by atoms with E-state index in [-0.39, 0.29) is 0 Å². The third-order valence-corrected chi connectivity index (χ3v) is 14.2. The summed E-state index contributed by atoms with van der Waals surface area (Å²) in [6.07, 6.45) is 0. The Morgan fingerprint density at radius 3 is 1.94 bits per heavy atom. The summed E-state index contributed by atoms with van der Waals surface area (Å²) >= 11 is -4.87. The van der Waals surface area contributed by atoms with Crippen LogP contribution in [-0.4, -0.2) is 14.7 Å². The van der Waals surface area contributed by atoms with Gasteiger partial charge >= 0.3 is 117 Å². The van der Waals surface area contributed by atoms with Crippen LogP contribution in [0.4, 0.5) is 0 Å². The molecule has 6 heteroatoms. The van der Waals surface area contributed by atoms with E-state index in [9.17, 15) is 6.37 Å². The predicted octanol–water partition coefficient (Wildman–Crippen LogP) is 2.89. The summed E-state index contributed by atoms with van der Waals surface area (Å²) in [4.78, 5) is 0. The van der Waals surface area contributed by atoms with E-state index in [2.05, 4.69) is 0 Å². The van der Waals surface area contributed by atoms with E-state index in [1.807, 2.05) is 26.8 Å². The van der Waals surface area contributed by atoms with Crippen LogP contribution in [0.25, 0.3) is 0 Å². The number of hydrogen-bond acceptors (Lipinski definition) is 4. The minimum atomic E-state index is -4.87. The van der Waals surface area contributed by atoms with Gasteiger partial charge in [-0.2, -0.15) is 0 Å². The van der Waals surface area contributed by atoms with Crippen LogP contribution in [-0.2, 0) is 24.5 Å². The van der Waals surface area contributed by atoms with Crippen LogP contribution < -0.4 is 2.81 Å². The predicted molar refractivity (Wildman–Crippen MR) is 69.8 cm³/mol. The first-order valence-electron chi connectivity index (χ1n) is 6.36. The van der Waals surface area contributed by atoms with Gasteiger partial charge in [0.05, 0.1) is 0 Å². The zero-order valence-electron chi connectivity index (χ0n) is 11.2. The van der Waals surface area contributed by atoms with Crippen LogP contribution in [0, 0.1) is 0 Å². The molecule has 0 aliphatic carbocycles. The van der Waals surface area contributed by atoms with Gasteiger partial charge in [-0.15, -0.1) is 0 Å². The van der Waals surface area contributed by atoms with E-state index in [1.165, 1.54) is 0 Å². The molecule has 0 saturated heterocycles. The zero-order chi connectivity index (χ0) is 13.6. The monoisotopic (exact) mass is 348 g/mol. The van der Waals surface area contributed by atoms with Crippen LogP contribution in [0.3, 0.4) is 0 Å². The van der Waals surface area contributed by atoms with Crippen molar-refractivity contribution >= 4 is 8.32 Å². The molecule has 4 nitrogen and oxygen atoms in total. The molecule has 1 aromatic rings. The topological polar surface area (TPSA) is 58.9 Å². The van der Waals surface area contributed by atoms with Crippen molar-refractivity contribution in [1.29, 1.82) is 0 Å². The second-order valence-corrected chi connectivity index (χ2v) is 13.7. The van der Waals surface area contributed by atoms with Gasteiger partial charge in [0.1, 0.15) is 0 Å². The van der Waals surface area contributed by atoms with Crippen molar-refractivity contribution in [2.75, 3.05) is 0 Å². The summed E-state index contributed by atoms with van der Waals surface area (Å²) in [7, 11) is -2.04.